The van der Waals surface area contributed by atoms with Crippen LogP contribution >= 0.6 is 0 Å². The Hall–Kier alpha value is -0.181. The third-order valence-electron chi connectivity index (χ3n) is 1.80. The molecule has 0 aromatic heterocycles. The van der Waals surface area contributed by atoms with E-state index in [9.17, 15) is 0 Å². The molecule has 1 aromatic carbocycles. The van der Waals surface area contributed by atoms with Crippen molar-refractivity contribution in [3.63, 3.8) is 0 Å². The number of anilines is 1. The third-order valence-corrected chi connectivity index (χ3v) is 3.18. The van der Waals surface area contributed by atoms with Gasteiger partial charge in [-0.3, -0.25) is 0 Å². The minimum absolute atomic E-state index is 1.19. The SMILES string of the molecule is CCCC[N]([Sn])c1ccccc1. The van der Waals surface area contributed by atoms with Gasteiger partial charge in [0.05, 0.1) is 0 Å². The number of nitrogens with zero attached hydrogens (tertiary/aromatic N) is 1. The standard InChI is InChI=1S/C10H14N.Sn/c1-2-3-9-11-10-7-5-4-6-8-10;/h4-8H,2-3,9H2,1H3;/q-1;+1. The Morgan fingerprint density at radius 3 is 2.50 bits per heavy atom. The van der Waals surface area contributed by atoms with Crippen molar-refractivity contribution in [3.05, 3.63) is 30.3 Å². The van der Waals surface area contributed by atoms with E-state index in [1.54, 1.807) is 0 Å². The molecular weight excluding hydrogens is 253 g/mol. The summed E-state index contributed by atoms with van der Waals surface area (Å²) in [7, 11) is 0. The van der Waals surface area contributed by atoms with Gasteiger partial charge in [-0.25, -0.2) is 0 Å². The van der Waals surface area contributed by atoms with Gasteiger partial charge < -0.3 is 0 Å². The second-order valence-electron chi connectivity index (χ2n) is 2.84. The van der Waals surface area contributed by atoms with Crippen LogP contribution in [0.1, 0.15) is 19.8 Å². The van der Waals surface area contributed by atoms with Crippen LogP contribution in [0.25, 0.3) is 0 Å². The molecule has 0 bridgehead atoms. The minimum atomic E-state index is 1.19. The van der Waals surface area contributed by atoms with Crippen molar-refractivity contribution in [1.29, 1.82) is 0 Å². The molecule has 1 aromatic rings. The molecule has 0 N–H and O–H groups in total. The molecule has 0 fully saturated rings. The van der Waals surface area contributed by atoms with E-state index in [4.69, 9.17) is 0 Å². The van der Waals surface area contributed by atoms with Gasteiger partial charge in [-0.2, -0.15) is 0 Å². The van der Waals surface area contributed by atoms with Gasteiger partial charge in [-0.1, -0.05) is 0 Å². The van der Waals surface area contributed by atoms with Crippen LogP contribution in [0.4, 0.5) is 5.69 Å². The molecule has 63 valence electrons. The molecule has 0 atom stereocenters. The van der Waals surface area contributed by atoms with E-state index >= 15 is 0 Å². The Bertz CT molecular complexity index is 210. The van der Waals surface area contributed by atoms with Crippen molar-refractivity contribution >= 4 is 28.5 Å². The van der Waals surface area contributed by atoms with Crippen LogP contribution in [0.3, 0.4) is 0 Å². The van der Waals surface area contributed by atoms with E-state index in [0.29, 0.717) is 0 Å². The predicted molar refractivity (Wildman–Crippen MR) is 54.5 cm³/mol. The first-order valence-corrected chi connectivity index (χ1v) is 5.66. The molecular formula is C10H14NSn. The summed E-state index contributed by atoms with van der Waals surface area (Å²) in [6, 6.07) is 10.6. The van der Waals surface area contributed by atoms with Gasteiger partial charge in [-0.05, 0) is 0 Å². The van der Waals surface area contributed by atoms with Gasteiger partial charge in [0.15, 0.2) is 0 Å². The zero-order valence-electron chi connectivity index (χ0n) is 7.46. The number of rotatable bonds is 4. The first-order chi connectivity index (χ1) is 5.84. The second kappa shape index (κ2) is 5.46. The van der Waals surface area contributed by atoms with E-state index in [1.807, 2.05) is 0 Å². The zero-order valence-corrected chi connectivity index (χ0v) is 10.3. The summed E-state index contributed by atoms with van der Waals surface area (Å²) >= 11 is 1.48. The quantitative estimate of drug-likeness (QED) is 0.757. The van der Waals surface area contributed by atoms with Crippen LogP contribution in [0.5, 0.6) is 0 Å². The molecule has 0 unspecified atom stereocenters. The van der Waals surface area contributed by atoms with Crippen molar-refractivity contribution in [2.75, 3.05) is 9.67 Å². The molecule has 1 nitrogen and oxygen atoms in total. The molecule has 0 aliphatic heterocycles. The summed E-state index contributed by atoms with van der Waals surface area (Å²) in [6.07, 6.45) is 2.57. The summed E-state index contributed by atoms with van der Waals surface area (Å²) in [4.78, 5) is 0. The Labute approximate surface area is 88.2 Å². The fourth-order valence-electron chi connectivity index (χ4n) is 1.05. The summed E-state index contributed by atoms with van der Waals surface area (Å²) in [5, 5.41) is 0. The van der Waals surface area contributed by atoms with Gasteiger partial charge in [0.2, 0.25) is 0 Å². The van der Waals surface area contributed by atoms with Crippen LogP contribution in [0.2, 0.25) is 0 Å². The Balaban J connectivity index is 2.48. The van der Waals surface area contributed by atoms with Gasteiger partial charge in [0.25, 0.3) is 0 Å². The molecule has 0 aliphatic carbocycles. The van der Waals surface area contributed by atoms with Gasteiger partial charge >= 0.3 is 88.2 Å². The number of hydrogen-bond acceptors (Lipinski definition) is 1. The van der Waals surface area contributed by atoms with Crippen molar-refractivity contribution in [3.8, 4) is 0 Å². The second-order valence-corrected chi connectivity index (χ2v) is 4.38. The topological polar surface area (TPSA) is 3.24 Å². The molecule has 0 spiro atoms. The maximum atomic E-state index is 2.39. The Morgan fingerprint density at radius 2 is 1.92 bits per heavy atom. The normalized spacial score (nSPS) is 9.83. The molecule has 0 saturated carbocycles. The predicted octanol–water partition coefficient (Wildman–Crippen LogP) is 2.38. The number of hydrogen-bond donors (Lipinski definition) is 0. The Morgan fingerprint density at radius 1 is 1.25 bits per heavy atom. The van der Waals surface area contributed by atoms with Crippen molar-refractivity contribution in [2.45, 2.75) is 19.8 Å². The first kappa shape index (κ1) is 9.90. The van der Waals surface area contributed by atoms with Crippen LogP contribution in [0, 0.1) is 0 Å². The van der Waals surface area contributed by atoms with E-state index in [2.05, 4.69) is 40.4 Å². The molecule has 0 aliphatic rings. The number of benzene rings is 1. The zero-order chi connectivity index (χ0) is 8.81. The molecule has 3 radical (unpaired) electrons. The summed E-state index contributed by atoms with van der Waals surface area (Å²) in [6.45, 7) is 3.42. The van der Waals surface area contributed by atoms with E-state index in [1.165, 1.54) is 47.9 Å². The molecule has 1 rings (SSSR count). The summed E-state index contributed by atoms with van der Waals surface area (Å²) in [5.41, 5.74) is 1.35. The van der Waals surface area contributed by atoms with Crippen molar-refractivity contribution in [1.82, 2.24) is 0 Å². The van der Waals surface area contributed by atoms with E-state index in [0.717, 1.165) is 0 Å². The monoisotopic (exact) mass is 268 g/mol. The fourth-order valence-corrected chi connectivity index (χ4v) is 1.93. The van der Waals surface area contributed by atoms with Crippen molar-refractivity contribution in [2.24, 2.45) is 0 Å². The molecule has 2 heteroatoms. The molecule has 0 amide bonds. The van der Waals surface area contributed by atoms with Crippen LogP contribution in [-0.4, -0.2) is 29.3 Å². The number of unbranched alkanes of at least 4 members (excludes halogenated alkanes) is 1. The summed E-state index contributed by atoms with van der Waals surface area (Å²) in [5.74, 6) is 0. The average molecular weight is 267 g/mol. The molecule has 0 heterocycles. The maximum absolute atomic E-state index is 2.39. The molecule has 12 heavy (non-hydrogen) atoms. The van der Waals surface area contributed by atoms with E-state index in [-0.39, 0.29) is 0 Å². The van der Waals surface area contributed by atoms with Crippen LogP contribution in [-0.2, 0) is 0 Å². The molecule has 0 saturated heterocycles. The fraction of sp³-hybridized carbons (Fsp3) is 0.400. The first-order valence-electron chi connectivity index (χ1n) is 4.38. The van der Waals surface area contributed by atoms with Crippen LogP contribution < -0.4 is 3.12 Å². The van der Waals surface area contributed by atoms with E-state index < -0.39 is 0 Å². The van der Waals surface area contributed by atoms with Gasteiger partial charge in [0.1, 0.15) is 0 Å². The average Bonchev–Trinajstić information content (AvgIpc) is 2.15. The van der Waals surface area contributed by atoms with Crippen LogP contribution in [0.15, 0.2) is 30.3 Å². The Kier molecular flexibility index (Phi) is 4.51. The number of para-hydroxylation sites is 1. The van der Waals surface area contributed by atoms with Gasteiger partial charge in [-0.15, -0.1) is 0 Å². The van der Waals surface area contributed by atoms with Gasteiger partial charge in [0, 0.05) is 0 Å². The van der Waals surface area contributed by atoms with Crippen molar-refractivity contribution < 1.29 is 0 Å². The summed E-state index contributed by atoms with van der Waals surface area (Å²) < 4.78 is 2.39. The third kappa shape index (κ3) is 3.05.